The third kappa shape index (κ3) is 4.13. The molecule has 0 radical (unpaired) electrons. The van der Waals surface area contributed by atoms with Crippen LogP contribution in [0, 0.1) is 12.7 Å². The number of rotatable bonds is 5. The number of benzene rings is 1. The lowest BCUT2D eigenvalue weighted by Gasteiger charge is -2.07. The lowest BCUT2D eigenvalue weighted by Crippen LogP contribution is -2.28. The predicted octanol–water partition coefficient (Wildman–Crippen LogP) is 2.26. The second-order valence-corrected chi connectivity index (χ2v) is 4.40. The number of anilines is 1. The number of carbonyl (C=O) groups excluding carboxylic acids is 1. The minimum atomic E-state index is -0.443. The van der Waals surface area contributed by atoms with Crippen LogP contribution in [-0.2, 0) is 11.3 Å². The second-order valence-electron chi connectivity index (χ2n) is 4.40. The SMILES string of the molecule is Cc1cccc(CNCC(=O)Nc2ccccc2F)n1. The molecule has 0 aliphatic carbocycles. The van der Waals surface area contributed by atoms with Crippen molar-refractivity contribution in [2.45, 2.75) is 13.5 Å². The van der Waals surface area contributed by atoms with Crippen molar-refractivity contribution in [2.75, 3.05) is 11.9 Å². The van der Waals surface area contributed by atoms with Gasteiger partial charge in [0.05, 0.1) is 17.9 Å². The van der Waals surface area contributed by atoms with Crippen molar-refractivity contribution in [1.82, 2.24) is 10.3 Å². The van der Waals surface area contributed by atoms with Crippen molar-refractivity contribution in [3.63, 3.8) is 0 Å². The van der Waals surface area contributed by atoms with Crippen molar-refractivity contribution in [2.24, 2.45) is 0 Å². The summed E-state index contributed by atoms with van der Waals surface area (Å²) < 4.78 is 13.3. The molecule has 1 aromatic carbocycles. The topological polar surface area (TPSA) is 54.0 Å². The van der Waals surface area contributed by atoms with Crippen molar-refractivity contribution >= 4 is 11.6 Å². The van der Waals surface area contributed by atoms with Gasteiger partial charge in [0.25, 0.3) is 0 Å². The van der Waals surface area contributed by atoms with Gasteiger partial charge in [-0.25, -0.2) is 4.39 Å². The van der Waals surface area contributed by atoms with E-state index < -0.39 is 5.82 Å². The van der Waals surface area contributed by atoms with E-state index in [0.29, 0.717) is 6.54 Å². The van der Waals surface area contributed by atoms with Gasteiger partial charge in [-0.05, 0) is 31.2 Å². The van der Waals surface area contributed by atoms with E-state index in [-0.39, 0.29) is 18.1 Å². The van der Waals surface area contributed by atoms with Gasteiger partial charge in [-0.2, -0.15) is 0 Å². The first-order chi connectivity index (χ1) is 9.65. The van der Waals surface area contributed by atoms with Crippen LogP contribution in [0.1, 0.15) is 11.4 Å². The van der Waals surface area contributed by atoms with Crippen molar-refractivity contribution in [3.8, 4) is 0 Å². The van der Waals surface area contributed by atoms with Gasteiger partial charge in [-0.15, -0.1) is 0 Å². The summed E-state index contributed by atoms with van der Waals surface area (Å²) in [6.07, 6.45) is 0. The summed E-state index contributed by atoms with van der Waals surface area (Å²) in [6.45, 7) is 2.50. The summed E-state index contributed by atoms with van der Waals surface area (Å²) in [5.74, 6) is -0.732. The summed E-state index contributed by atoms with van der Waals surface area (Å²) in [7, 11) is 0. The average Bonchev–Trinajstić information content (AvgIpc) is 2.41. The number of amides is 1. The second kappa shape index (κ2) is 6.77. The number of pyridine rings is 1. The van der Waals surface area contributed by atoms with E-state index in [4.69, 9.17) is 0 Å². The van der Waals surface area contributed by atoms with Crippen LogP contribution in [0.5, 0.6) is 0 Å². The highest BCUT2D eigenvalue weighted by molar-refractivity contribution is 5.92. The van der Waals surface area contributed by atoms with Crippen molar-refractivity contribution in [3.05, 3.63) is 59.7 Å². The highest BCUT2D eigenvalue weighted by Gasteiger charge is 2.05. The number of para-hydroxylation sites is 1. The van der Waals surface area contributed by atoms with Gasteiger partial charge in [0.15, 0.2) is 0 Å². The Morgan fingerprint density at radius 2 is 2.00 bits per heavy atom. The zero-order valence-corrected chi connectivity index (χ0v) is 11.2. The lowest BCUT2D eigenvalue weighted by molar-refractivity contribution is -0.115. The largest absolute Gasteiger partial charge is 0.322 e. The Labute approximate surface area is 117 Å². The summed E-state index contributed by atoms with van der Waals surface area (Å²) in [5.41, 5.74) is 1.98. The van der Waals surface area contributed by atoms with E-state index in [9.17, 15) is 9.18 Å². The molecule has 0 atom stereocenters. The van der Waals surface area contributed by atoms with E-state index in [2.05, 4.69) is 15.6 Å². The number of halogens is 1. The Balaban J connectivity index is 1.80. The molecule has 0 spiro atoms. The molecule has 1 amide bonds. The first kappa shape index (κ1) is 14.1. The Hall–Kier alpha value is -2.27. The molecule has 0 fully saturated rings. The lowest BCUT2D eigenvalue weighted by atomic mass is 10.3. The summed E-state index contributed by atoms with van der Waals surface area (Å²) >= 11 is 0. The van der Waals surface area contributed by atoms with E-state index in [1.54, 1.807) is 12.1 Å². The van der Waals surface area contributed by atoms with Crippen LogP contribution in [0.15, 0.2) is 42.5 Å². The Kier molecular flexibility index (Phi) is 4.79. The number of nitrogens with zero attached hydrogens (tertiary/aromatic N) is 1. The van der Waals surface area contributed by atoms with Crippen LogP contribution in [0.4, 0.5) is 10.1 Å². The molecule has 104 valence electrons. The Morgan fingerprint density at radius 1 is 1.20 bits per heavy atom. The number of aryl methyl sites for hydroxylation is 1. The van der Waals surface area contributed by atoms with E-state index in [1.807, 2.05) is 25.1 Å². The molecule has 2 aromatic rings. The third-order valence-corrected chi connectivity index (χ3v) is 2.69. The Bertz CT molecular complexity index is 601. The van der Waals surface area contributed by atoms with E-state index >= 15 is 0 Å². The van der Waals surface area contributed by atoms with Crippen molar-refractivity contribution < 1.29 is 9.18 Å². The maximum atomic E-state index is 13.3. The monoisotopic (exact) mass is 273 g/mol. The quantitative estimate of drug-likeness (QED) is 0.878. The minimum Gasteiger partial charge on any atom is -0.322 e. The summed E-state index contributed by atoms with van der Waals surface area (Å²) in [5, 5.41) is 5.48. The fourth-order valence-electron chi connectivity index (χ4n) is 1.76. The first-order valence-electron chi connectivity index (χ1n) is 6.33. The highest BCUT2D eigenvalue weighted by Crippen LogP contribution is 2.11. The smallest absolute Gasteiger partial charge is 0.238 e. The molecule has 0 saturated carbocycles. The van der Waals surface area contributed by atoms with Gasteiger partial charge >= 0.3 is 0 Å². The zero-order chi connectivity index (χ0) is 14.4. The van der Waals surface area contributed by atoms with Crippen LogP contribution >= 0.6 is 0 Å². The van der Waals surface area contributed by atoms with Gasteiger partial charge in [0.1, 0.15) is 5.82 Å². The van der Waals surface area contributed by atoms with Gasteiger partial charge in [-0.1, -0.05) is 18.2 Å². The standard InChI is InChI=1S/C15H16FN3O/c1-11-5-4-6-12(18-11)9-17-10-15(20)19-14-8-3-2-7-13(14)16/h2-8,17H,9-10H2,1H3,(H,19,20). The van der Waals surface area contributed by atoms with E-state index in [1.165, 1.54) is 12.1 Å². The average molecular weight is 273 g/mol. The van der Waals surface area contributed by atoms with Gasteiger partial charge in [-0.3, -0.25) is 9.78 Å². The zero-order valence-electron chi connectivity index (χ0n) is 11.2. The number of hydrogen-bond donors (Lipinski definition) is 2. The highest BCUT2D eigenvalue weighted by atomic mass is 19.1. The number of nitrogens with one attached hydrogen (secondary N) is 2. The molecular weight excluding hydrogens is 257 g/mol. The molecule has 5 heteroatoms. The molecule has 0 bridgehead atoms. The van der Waals surface area contributed by atoms with Crippen LogP contribution in [0.3, 0.4) is 0 Å². The molecule has 0 saturated heterocycles. The van der Waals surface area contributed by atoms with Crippen LogP contribution in [0.2, 0.25) is 0 Å². The molecule has 4 nitrogen and oxygen atoms in total. The molecule has 1 heterocycles. The molecule has 0 aliphatic rings. The van der Waals surface area contributed by atoms with Crippen LogP contribution < -0.4 is 10.6 Å². The normalized spacial score (nSPS) is 10.3. The fraction of sp³-hybridized carbons (Fsp3) is 0.200. The number of aromatic nitrogens is 1. The van der Waals surface area contributed by atoms with Gasteiger partial charge < -0.3 is 10.6 Å². The van der Waals surface area contributed by atoms with E-state index in [0.717, 1.165) is 11.4 Å². The molecule has 2 rings (SSSR count). The fourth-order valence-corrected chi connectivity index (χ4v) is 1.76. The number of carbonyl (C=O) groups is 1. The first-order valence-corrected chi connectivity index (χ1v) is 6.33. The van der Waals surface area contributed by atoms with Crippen LogP contribution in [0.25, 0.3) is 0 Å². The summed E-state index contributed by atoms with van der Waals surface area (Å²) in [6, 6.07) is 11.8. The van der Waals surface area contributed by atoms with Crippen molar-refractivity contribution in [1.29, 1.82) is 0 Å². The predicted molar refractivity (Wildman–Crippen MR) is 75.7 cm³/mol. The van der Waals surface area contributed by atoms with Gasteiger partial charge in [0, 0.05) is 12.2 Å². The Morgan fingerprint density at radius 3 is 2.75 bits per heavy atom. The van der Waals surface area contributed by atoms with Crippen LogP contribution in [-0.4, -0.2) is 17.4 Å². The number of hydrogen-bond acceptors (Lipinski definition) is 3. The maximum absolute atomic E-state index is 13.3. The molecule has 20 heavy (non-hydrogen) atoms. The maximum Gasteiger partial charge on any atom is 0.238 e. The molecule has 1 aromatic heterocycles. The molecule has 0 aliphatic heterocycles. The molecule has 0 unspecified atom stereocenters. The minimum absolute atomic E-state index is 0.101. The molecule has 2 N–H and O–H groups in total. The summed E-state index contributed by atoms with van der Waals surface area (Å²) in [4.78, 5) is 16.0. The van der Waals surface area contributed by atoms with Gasteiger partial charge in [0.2, 0.25) is 5.91 Å². The molecular formula is C15H16FN3O. The third-order valence-electron chi connectivity index (χ3n) is 2.69.